The van der Waals surface area contributed by atoms with Crippen molar-refractivity contribution in [2.75, 3.05) is 19.6 Å². The molecule has 0 spiro atoms. The maximum absolute atomic E-state index is 12.4. The Hall–Kier alpha value is -2.04. The van der Waals surface area contributed by atoms with Gasteiger partial charge in [0.1, 0.15) is 0 Å². The summed E-state index contributed by atoms with van der Waals surface area (Å²) in [6, 6.07) is 8.38. The first-order chi connectivity index (χ1) is 12.2. The molecule has 1 amide bonds. The number of nitrogens with two attached hydrogens (primary N) is 1. The summed E-state index contributed by atoms with van der Waals surface area (Å²) in [5, 5.41) is 3.14. The van der Waals surface area contributed by atoms with E-state index in [9.17, 15) is 4.79 Å². The van der Waals surface area contributed by atoms with Gasteiger partial charge in [-0.3, -0.25) is 9.79 Å². The molecule has 0 saturated heterocycles. The van der Waals surface area contributed by atoms with Gasteiger partial charge >= 0.3 is 0 Å². The second kappa shape index (κ2) is 10.7. The molecule has 1 aromatic rings. The predicted molar refractivity (Wildman–Crippen MR) is 103 cm³/mol. The number of hydrogen-bond donors (Lipinski definition) is 2. The van der Waals surface area contributed by atoms with Crippen molar-refractivity contribution < 1.29 is 4.79 Å². The molecule has 0 atom stereocenters. The summed E-state index contributed by atoms with van der Waals surface area (Å²) >= 11 is 0. The lowest BCUT2D eigenvalue weighted by atomic mass is 9.99. The smallest absolute Gasteiger partial charge is 0.222 e. The second-order valence-electron chi connectivity index (χ2n) is 6.69. The maximum Gasteiger partial charge on any atom is 0.222 e. The van der Waals surface area contributed by atoms with Crippen molar-refractivity contribution in [2.45, 2.75) is 58.4 Å². The first-order valence-corrected chi connectivity index (χ1v) is 9.59. The number of nitrogens with zero attached hydrogens (tertiary/aromatic N) is 2. The molecule has 0 radical (unpaired) electrons. The molecule has 1 aliphatic heterocycles. The zero-order valence-electron chi connectivity index (χ0n) is 15.5. The van der Waals surface area contributed by atoms with E-state index in [1.165, 1.54) is 30.4 Å². The van der Waals surface area contributed by atoms with Crippen molar-refractivity contribution in [1.29, 1.82) is 0 Å². The third kappa shape index (κ3) is 6.77. The van der Waals surface area contributed by atoms with Gasteiger partial charge in [-0.2, -0.15) is 0 Å². The van der Waals surface area contributed by atoms with E-state index in [1.54, 1.807) is 0 Å². The molecule has 25 heavy (non-hydrogen) atoms. The Morgan fingerprint density at radius 2 is 2.00 bits per heavy atom. The van der Waals surface area contributed by atoms with Crippen molar-refractivity contribution in [1.82, 2.24) is 10.2 Å². The molecule has 138 valence electrons. The van der Waals surface area contributed by atoms with Crippen molar-refractivity contribution in [3.8, 4) is 0 Å². The van der Waals surface area contributed by atoms with Gasteiger partial charge in [-0.05, 0) is 30.4 Å². The Bertz CT molecular complexity index is 571. The van der Waals surface area contributed by atoms with Crippen LogP contribution < -0.4 is 11.1 Å². The van der Waals surface area contributed by atoms with Crippen LogP contribution in [0.5, 0.6) is 0 Å². The minimum Gasteiger partial charge on any atom is -0.370 e. The van der Waals surface area contributed by atoms with Crippen molar-refractivity contribution in [3.05, 3.63) is 35.4 Å². The van der Waals surface area contributed by atoms with Gasteiger partial charge in [0.05, 0.1) is 0 Å². The van der Waals surface area contributed by atoms with Crippen LogP contribution in [0.15, 0.2) is 29.3 Å². The summed E-state index contributed by atoms with van der Waals surface area (Å²) in [6.07, 6.45) is 7.09. The molecule has 0 unspecified atom stereocenters. The number of amides is 1. The minimum atomic E-state index is 0.218. The van der Waals surface area contributed by atoms with E-state index in [2.05, 4.69) is 35.4 Å². The largest absolute Gasteiger partial charge is 0.370 e. The molecular formula is C20H32N4O. The lowest BCUT2D eigenvalue weighted by molar-refractivity contribution is -0.132. The zero-order valence-corrected chi connectivity index (χ0v) is 15.5. The van der Waals surface area contributed by atoms with Crippen LogP contribution in [0.3, 0.4) is 0 Å². The third-order valence-corrected chi connectivity index (χ3v) is 4.65. The van der Waals surface area contributed by atoms with Crippen LogP contribution in [-0.4, -0.2) is 36.4 Å². The summed E-state index contributed by atoms with van der Waals surface area (Å²) in [5.41, 5.74) is 8.49. The zero-order chi connectivity index (χ0) is 17.9. The Morgan fingerprint density at radius 3 is 2.80 bits per heavy atom. The SMILES string of the molecule is CCCCCCNC(N)=NCCCC(=O)N1CCc2ccccc2C1. The highest BCUT2D eigenvalue weighted by molar-refractivity contribution is 5.78. The van der Waals surface area contributed by atoms with E-state index in [1.807, 2.05) is 11.0 Å². The molecule has 1 aromatic carbocycles. The van der Waals surface area contributed by atoms with Gasteiger partial charge in [0.25, 0.3) is 0 Å². The number of fused-ring (bicyclic) bond motifs is 1. The summed E-state index contributed by atoms with van der Waals surface area (Å²) in [6.45, 7) is 5.24. The maximum atomic E-state index is 12.4. The molecule has 3 N–H and O–H groups in total. The molecule has 5 heteroatoms. The highest BCUT2D eigenvalue weighted by atomic mass is 16.2. The van der Waals surface area contributed by atoms with Gasteiger partial charge in [0.2, 0.25) is 5.91 Å². The quantitative estimate of drug-likeness (QED) is 0.411. The number of guanidine groups is 1. The number of unbranched alkanes of at least 4 members (excludes halogenated alkanes) is 3. The van der Waals surface area contributed by atoms with Gasteiger partial charge in [-0.1, -0.05) is 50.5 Å². The fourth-order valence-corrected chi connectivity index (χ4v) is 3.12. The van der Waals surface area contributed by atoms with E-state index in [0.29, 0.717) is 18.9 Å². The van der Waals surface area contributed by atoms with E-state index in [-0.39, 0.29) is 5.91 Å². The summed E-state index contributed by atoms with van der Waals surface area (Å²) < 4.78 is 0. The average Bonchev–Trinajstić information content (AvgIpc) is 2.64. The molecular weight excluding hydrogens is 312 g/mol. The van der Waals surface area contributed by atoms with Gasteiger partial charge in [0.15, 0.2) is 5.96 Å². The van der Waals surface area contributed by atoms with Crippen LogP contribution in [0.1, 0.15) is 56.6 Å². The van der Waals surface area contributed by atoms with Crippen LogP contribution in [0.2, 0.25) is 0 Å². The number of carbonyl (C=O) groups excluding carboxylic acids is 1. The van der Waals surface area contributed by atoms with E-state index in [0.717, 1.165) is 38.9 Å². The lowest BCUT2D eigenvalue weighted by Gasteiger charge is -2.28. The summed E-state index contributed by atoms with van der Waals surface area (Å²) in [5.74, 6) is 0.714. The monoisotopic (exact) mass is 344 g/mol. The molecule has 2 rings (SSSR count). The molecule has 5 nitrogen and oxygen atoms in total. The molecule has 0 bridgehead atoms. The van der Waals surface area contributed by atoms with Crippen LogP contribution in [0.4, 0.5) is 0 Å². The first kappa shape index (κ1) is 19.3. The Balaban J connectivity index is 1.61. The van der Waals surface area contributed by atoms with Crippen LogP contribution in [-0.2, 0) is 17.8 Å². The number of rotatable bonds is 9. The number of carbonyl (C=O) groups is 1. The fraction of sp³-hybridized carbons (Fsp3) is 0.600. The van der Waals surface area contributed by atoms with E-state index < -0.39 is 0 Å². The fourth-order valence-electron chi connectivity index (χ4n) is 3.12. The lowest BCUT2D eigenvalue weighted by Crippen LogP contribution is -2.36. The Kier molecular flexibility index (Phi) is 8.29. The number of nitrogens with one attached hydrogen (secondary N) is 1. The predicted octanol–water partition coefficient (Wildman–Crippen LogP) is 2.84. The average molecular weight is 345 g/mol. The van der Waals surface area contributed by atoms with Gasteiger partial charge in [-0.25, -0.2) is 0 Å². The third-order valence-electron chi connectivity index (χ3n) is 4.65. The van der Waals surface area contributed by atoms with Crippen molar-refractivity contribution in [2.24, 2.45) is 10.7 Å². The standard InChI is InChI=1S/C20H32N4O/c1-2-3-4-7-13-22-20(21)23-14-8-11-19(25)24-15-12-17-9-5-6-10-18(17)16-24/h5-6,9-10H,2-4,7-8,11-16H2,1H3,(H3,21,22,23). The Morgan fingerprint density at radius 1 is 1.20 bits per heavy atom. The van der Waals surface area contributed by atoms with Crippen LogP contribution in [0, 0.1) is 0 Å². The Labute approximate surface area is 151 Å². The number of aliphatic imine (C=N–C) groups is 1. The normalized spacial score (nSPS) is 14.3. The molecule has 1 heterocycles. The highest BCUT2D eigenvalue weighted by Crippen LogP contribution is 2.19. The first-order valence-electron chi connectivity index (χ1n) is 9.59. The molecule has 0 saturated carbocycles. The van der Waals surface area contributed by atoms with Gasteiger partial charge in [-0.15, -0.1) is 0 Å². The topological polar surface area (TPSA) is 70.7 Å². The molecule has 0 aliphatic carbocycles. The van der Waals surface area contributed by atoms with Crippen LogP contribution in [0.25, 0.3) is 0 Å². The van der Waals surface area contributed by atoms with Crippen molar-refractivity contribution >= 4 is 11.9 Å². The highest BCUT2D eigenvalue weighted by Gasteiger charge is 2.19. The number of benzene rings is 1. The molecule has 0 fully saturated rings. The second-order valence-corrected chi connectivity index (χ2v) is 6.69. The van der Waals surface area contributed by atoms with Gasteiger partial charge < -0.3 is 16.0 Å². The van der Waals surface area contributed by atoms with E-state index >= 15 is 0 Å². The summed E-state index contributed by atoms with van der Waals surface area (Å²) in [7, 11) is 0. The van der Waals surface area contributed by atoms with Crippen molar-refractivity contribution in [3.63, 3.8) is 0 Å². The number of hydrogen-bond acceptors (Lipinski definition) is 2. The molecule has 1 aliphatic rings. The van der Waals surface area contributed by atoms with E-state index in [4.69, 9.17) is 5.73 Å². The summed E-state index contributed by atoms with van der Waals surface area (Å²) in [4.78, 5) is 18.6. The minimum absolute atomic E-state index is 0.218. The molecule has 0 aromatic heterocycles. The van der Waals surface area contributed by atoms with Gasteiger partial charge in [0, 0.05) is 32.6 Å². The van der Waals surface area contributed by atoms with Crippen LogP contribution >= 0.6 is 0 Å².